The van der Waals surface area contributed by atoms with Crippen molar-refractivity contribution in [3.05, 3.63) is 57.1 Å². The minimum Gasteiger partial charge on any atom is -0.307 e. The van der Waals surface area contributed by atoms with Crippen molar-refractivity contribution in [3.8, 4) is 0 Å². The maximum absolute atomic E-state index is 11.3. The third kappa shape index (κ3) is 2.51. The first-order valence-electron chi connectivity index (χ1n) is 4.63. The van der Waals surface area contributed by atoms with Gasteiger partial charge in [-0.05, 0) is 12.1 Å². The lowest BCUT2D eigenvalue weighted by Crippen LogP contribution is -2.13. The molecule has 7 heteroatoms. The number of aromatic nitrogens is 2. The zero-order valence-electron chi connectivity index (χ0n) is 8.49. The molecule has 0 amide bonds. The van der Waals surface area contributed by atoms with Crippen molar-refractivity contribution in [2.24, 2.45) is 0 Å². The SMILES string of the molecule is O=c1[nH]cnc(Sc2ccccc2)c1[N+](=O)[O-]. The summed E-state index contributed by atoms with van der Waals surface area (Å²) in [5.41, 5.74) is -1.27. The lowest BCUT2D eigenvalue weighted by atomic mass is 10.4. The van der Waals surface area contributed by atoms with Crippen molar-refractivity contribution in [3.63, 3.8) is 0 Å². The van der Waals surface area contributed by atoms with E-state index in [-0.39, 0.29) is 5.03 Å². The van der Waals surface area contributed by atoms with Crippen molar-refractivity contribution in [2.45, 2.75) is 9.92 Å². The second-order valence-electron chi connectivity index (χ2n) is 3.06. The van der Waals surface area contributed by atoms with E-state index in [9.17, 15) is 14.9 Å². The molecule has 1 aromatic heterocycles. The Morgan fingerprint density at radius 2 is 2.00 bits per heavy atom. The van der Waals surface area contributed by atoms with Crippen LogP contribution in [0.5, 0.6) is 0 Å². The molecule has 0 aliphatic carbocycles. The van der Waals surface area contributed by atoms with Gasteiger partial charge in [-0.15, -0.1) is 0 Å². The predicted octanol–water partition coefficient (Wildman–Crippen LogP) is 1.83. The zero-order chi connectivity index (χ0) is 12.3. The topological polar surface area (TPSA) is 88.9 Å². The Balaban J connectivity index is 2.43. The molecule has 0 spiro atoms. The van der Waals surface area contributed by atoms with Gasteiger partial charge >= 0.3 is 11.2 Å². The molecule has 0 bridgehead atoms. The molecule has 0 saturated heterocycles. The largest absolute Gasteiger partial charge is 0.366 e. The molecule has 6 nitrogen and oxygen atoms in total. The summed E-state index contributed by atoms with van der Waals surface area (Å²) in [6.45, 7) is 0. The molecular formula is C10H7N3O3S. The van der Waals surface area contributed by atoms with E-state index < -0.39 is 16.2 Å². The Labute approximate surface area is 99.9 Å². The minimum absolute atomic E-state index is 0.0879. The van der Waals surface area contributed by atoms with Crippen LogP contribution in [0.25, 0.3) is 0 Å². The van der Waals surface area contributed by atoms with E-state index >= 15 is 0 Å². The average Bonchev–Trinajstić information content (AvgIpc) is 2.30. The van der Waals surface area contributed by atoms with Crippen LogP contribution in [-0.2, 0) is 0 Å². The van der Waals surface area contributed by atoms with Gasteiger partial charge < -0.3 is 4.98 Å². The number of rotatable bonds is 3. The molecule has 1 heterocycles. The lowest BCUT2D eigenvalue weighted by molar-refractivity contribution is -0.389. The number of nitro groups is 1. The standard InChI is InChI=1S/C10H7N3O3S/c14-9-8(13(15)16)10(12-6-11-9)17-7-4-2-1-3-5-7/h1-6H,(H,11,12,14). The van der Waals surface area contributed by atoms with Crippen LogP contribution >= 0.6 is 11.8 Å². The van der Waals surface area contributed by atoms with Crippen LogP contribution in [-0.4, -0.2) is 14.9 Å². The summed E-state index contributed by atoms with van der Waals surface area (Å²) in [6.07, 6.45) is 1.15. The Bertz CT molecular complexity index is 597. The van der Waals surface area contributed by atoms with E-state index in [0.29, 0.717) is 0 Å². The third-order valence-corrected chi connectivity index (χ3v) is 2.94. The summed E-state index contributed by atoms with van der Waals surface area (Å²) in [6, 6.07) is 9.03. The van der Waals surface area contributed by atoms with E-state index in [1.165, 1.54) is 0 Å². The van der Waals surface area contributed by atoms with E-state index in [0.717, 1.165) is 23.0 Å². The maximum atomic E-state index is 11.3. The van der Waals surface area contributed by atoms with Gasteiger partial charge in [-0.3, -0.25) is 14.9 Å². The molecule has 0 saturated carbocycles. The van der Waals surface area contributed by atoms with Gasteiger partial charge in [-0.2, -0.15) is 0 Å². The van der Waals surface area contributed by atoms with Gasteiger partial charge in [-0.1, -0.05) is 30.0 Å². The summed E-state index contributed by atoms with van der Waals surface area (Å²) < 4.78 is 0. The first-order chi connectivity index (χ1) is 8.18. The number of hydrogen-bond acceptors (Lipinski definition) is 5. The quantitative estimate of drug-likeness (QED) is 0.509. The Kier molecular flexibility index (Phi) is 3.20. The highest BCUT2D eigenvalue weighted by Gasteiger charge is 2.21. The smallest absolute Gasteiger partial charge is 0.307 e. The summed E-state index contributed by atoms with van der Waals surface area (Å²) >= 11 is 1.08. The summed E-state index contributed by atoms with van der Waals surface area (Å²) in [5.74, 6) is 0. The first kappa shape index (κ1) is 11.3. The third-order valence-electron chi connectivity index (χ3n) is 1.94. The van der Waals surface area contributed by atoms with Crippen molar-refractivity contribution in [2.75, 3.05) is 0 Å². The molecule has 1 aromatic carbocycles. The molecule has 0 aliphatic rings. The minimum atomic E-state index is -0.747. The molecule has 17 heavy (non-hydrogen) atoms. The van der Waals surface area contributed by atoms with Crippen LogP contribution in [0.3, 0.4) is 0 Å². The maximum Gasteiger partial charge on any atom is 0.366 e. The first-order valence-corrected chi connectivity index (χ1v) is 5.45. The molecule has 0 atom stereocenters. The van der Waals surface area contributed by atoms with Crippen molar-refractivity contribution < 1.29 is 4.92 Å². The summed E-state index contributed by atoms with van der Waals surface area (Å²) in [7, 11) is 0. The second kappa shape index (κ2) is 4.79. The van der Waals surface area contributed by atoms with Gasteiger partial charge in [0, 0.05) is 4.90 Å². The monoisotopic (exact) mass is 249 g/mol. The normalized spacial score (nSPS) is 10.1. The lowest BCUT2D eigenvalue weighted by Gasteiger charge is -2.00. The highest BCUT2D eigenvalue weighted by molar-refractivity contribution is 7.99. The van der Waals surface area contributed by atoms with Gasteiger partial charge in [0.1, 0.15) is 0 Å². The average molecular weight is 249 g/mol. The van der Waals surface area contributed by atoms with E-state index in [1.54, 1.807) is 24.3 Å². The molecule has 0 radical (unpaired) electrons. The molecule has 1 N–H and O–H groups in total. The van der Waals surface area contributed by atoms with E-state index in [2.05, 4.69) is 9.97 Å². The van der Waals surface area contributed by atoms with Crippen LogP contribution in [0.1, 0.15) is 0 Å². The molecule has 2 rings (SSSR count). The van der Waals surface area contributed by atoms with Crippen molar-refractivity contribution in [1.29, 1.82) is 0 Å². The Hall–Kier alpha value is -2.15. The number of benzene rings is 1. The van der Waals surface area contributed by atoms with Gasteiger partial charge in [0.05, 0.1) is 11.3 Å². The van der Waals surface area contributed by atoms with Gasteiger partial charge in [0.2, 0.25) is 0 Å². The number of H-pyrrole nitrogens is 1. The highest BCUT2D eigenvalue weighted by atomic mass is 32.2. The van der Waals surface area contributed by atoms with Crippen molar-refractivity contribution >= 4 is 17.4 Å². The van der Waals surface area contributed by atoms with Crippen molar-refractivity contribution in [1.82, 2.24) is 9.97 Å². The summed E-state index contributed by atoms with van der Waals surface area (Å²) in [4.78, 5) is 28.2. The second-order valence-corrected chi connectivity index (χ2v) is 4.12. The molecule has 0 fully saturated rings. The zero-order valence-corrected chi connectivity index (χ0v) is 9.31. The van der Waals surface area contributed by atoms with E-state index in [1.807, 2.05) is 6.07 Å². The molecular weight excluding hydrogens is 242 g/mol. The van der Waals surface area contributed by atoms with Crippen LogP contribution in [0, 0.1) is 10.1 Å². The van der Waals surface area contributed by atoms with E-state index in [4.69, 9.17) is 0 Å². The number of nitrogens with zero attached hydrogens (tertiary/aromatic N) is 2. The molecule has 0 unspecified atom stereocenters. The van der Waals surface area contributed by atoms with Gasteiger partial charge in [-0.25, -0.2) is 4.98 Å². The van der Waals surface area contributed by atoms with Crippen LogP contribution < -0.4 is 5.56 Å². The number of aromatic amines is 1. The van der Waals surface area contributed by atoms with Gasteiger partial charge in [0.25, 0.3) is 0 Å². The van der Waals surface area contributed by atoms with Crippen LogP contribution in [0.4, 0.5) is 5.69 Å². The fourth-order valence-electron chi connectivity index (χ4n) is 1.21. The Morgan fingerprint density at radius 3 is 2.65 bits per heavy atom. The Morgan fingerprint density at radius 1 is 1.29 bits per heavy atom. The molecule has 2 aromatic rings. The fraction of sp³-hybridized carbons (Fsp3) is 0. The number of hydrogen-bond donors (Lipinski definition) is 1. The fourth-order valence-corrected chi connectivity index (χ4v) is 2.10. The van der Waals surface area contributed by atoms with Crippen LogP contribution in [0.15, 0.2) is 51.4 Å². The number of nitrogens with one attached hydrogen (secondary N) is 1. The summed E-state index contributed by atoms with van der Waals surface area (Å²) in [5, 5.41) is 10.9. The molecule has 86 valence electrons. The highest BCUT2D eigenvalue weighted by Crippen LogP contribution is 2.29. The predicted molar refractivity (Wildman–Crippen MR) is 62.1 cm³/mol. The van der Waals surface area contributed by atoms with Crippen LogP contribution in [0.2, 0.25) is 0 Å². The van der Waals surface area contributed by atoms with Gasteiger partial charge in [0.15, 0.2) is 5.03 Å². The molecule has 0 aliphatic heterocycles.